The van der Waals surface area contributed by atoms with E-state index in [4.69, 9.17) is 0 Å². The molecule has 1 aromatic heterocycles. The van der Waals surface area contributed by atoms with Gasteiger partial charge in [0, 0.05) is 32.0 Å². The fourth-order valence-corrected chi connectivity index (χ4v) is 2.18. The van der Waals surface area contributed by atoms with Crippen molar-refractivity contribution in [1.82, 2.24) is 9.88 Å². The Morgan fingerprint density at radius 1 is 1.50 bits per heavy atom. The van der Waals surface area contributed by atoms with Crippen molar-refractivity contribution in [3.8, 4) is 0 Å². The molecule has 1 saturated carbocycles. The summed E-state index contributed by atoms with van der Waals surface area (Å²) >= 11 is 0. The Balaban J connectivity index is 1.86. The summed E-state index contributed by atoms with van der Waals surface area (Å²) in [5.41, 5.74) is 2.29. The summed E-state index contributed by atoms with van der Waals surface area (Å²) < 4.78 is 0. The monoisotopic (exact) mass is 219 g/mol. The van der Waals surface area contributed by atoms with Crippen molar-refractivity contribution < 1.29 is 0 Å². The highest BCUT2D eigenvalue weighted by Gasteiger charge is 2.19. The van der Waals surface area contributed by atoms with Crippen molar-refractivity contribution in [2.24, 2.45) is 5.92 Å². The first-order valence-electron chi connectivity index (χ1n) is 6.09. The van der Waals surface area contributed by atoms with E-state index in [-0.39, 0.29) is 0 Å². The maximum atomic E-state index is 4.40. The molecule has 3 heteroatoms. The van der Waals surface area contributed by atoms with Crippen molar-refractivity contribution in [2.45, 2.75) is 25.8 Å². The van der Waals surface area contributed by atoms with Gasteiger partial charge in [-0.3, -0.25) is 4.98 Å². The first-order chi connectivity index (χ1) is 7.78. The Labute approximate surface area is 97.9 Å². The summed E-state index contributed by atoms with van der Waals surface area (Å²) in [6.45, 7) is 2.16. The van der Waals surface area contributed by atoms with E-state index >= 15 is 0 Å². The van der Waals surface area contributed by atoms with E-state index in [0.717, 1.165) is 23.8 Å². The summed E-state index contributed by atoms with van der Waals surface area (Å²) in [7, 11) is 4.13. The third kappa shape index (κ3) is 2.95. The molecule has 1 aliphatic carbocycles. The van der Waals surface area contributed by atoms with Crippen LogP contribution >= 0.6 is 0 Å². The lowest BCUT2D eigenvalue weighted by molar-refractivity contribution is 0.199. The third-order valence-electron chi connectivity index (χ3n) is 3.33. The van der Waals surface area contributed by atoms with Gasteiger partial charge in [-0.05, 0) is 37.9 Å². The third-order valence-corrected chi connectivity index (χ3v) is 3.33. The molecule has 0 amide bonds. The standard InChI is InChI=1S/C13H21N3/c1-14-12-6-7-15-13(8-12)10-16(2)9-11-4-3-5-11/h6-8,11H,3-5,9-10H2,1-2H3,(H,14,15). The van der Waals surface area contributed by atoms with Crippen LogP contribution in [0.25, 0.3) is 0 Å². The van der Waals surface area contributed by atoms with Gasteiger partial charge in [0.1, 0.15) is 0 Å². The number of nitrogens with zero attached hydrogens (tertiary/aromatic N) is 2. The average Bonchev–Trinajstić information content (AvgIpc) is 2.24. The normalized spacial score (nSPS) is 16.2. The van der Waals surface area contributed by atoms with E-state index in [1.165, 1.54) is 25.8 Å². The lowest BCUT2D eigenvalue weighted by Crippen LogP contribution is -2.29. The molecular formula is C13H21N3. The molecule has 1 fully saturated rings. The molecule has 16 heavy (non-hydrogen) atoms. The second kappa shape index (κ2) is 5.30. The van der Waals surface area contributed by atoms with E-state index in [9.17, 15) is 0 Å². The zero-order valence-electron chi connectivity index (χ0n) is 10.2. The first kappa shape index (κ1) is 11.4. The number of rotatable bonds is 5. The summed E-state index contributed by atoms with van der Waals surface area (Å²) in [6.07, 6.45) is 6.12. The Bertz CT molecular complexity index is 334. The van der Waals surface area contributed by atoms with Crippen LogP contribution in [0.2, 0.25) is 0 Å². The van der Waals surface area contributed by atoms with E-state index in [0.29, 0.717) is 0 Å². The highest BCUT2D eigenvalue weighted by atomic mass is 15.1. The predicted octanol–water partition coefficient (Wildman–Crippen LogP) is 2.36. The van der Waals surface area contributed by atoms with Gasteiger partial charge in [0.25, 0.3) is 0 Å². The number of aromatic nitrogens is 1. The second-order valence-electron chi connectivity index (χ2n) is 4.78. The van der Waals surface area contributed by atoms with Crippen molar-refractivity contribution in [3.63, 3.8) is 0 Å². The molecule has 0 unspecified atom stereocenters. The van der Waals surface area contributed by atoms with Crippen LogP contribution in [0, 0.1) is 5.92 Å². The van der Waals surface area contributed by atoms with Gasteiger partial charge in [0.2, 0.25) is 0 Å². The molecule has 0 atom stereocenters. The maximum Gasteiger partial charge on any atom is 0.0564 e. The van der Waals surface area contributed by atoms with Crippen LogP contribution in [0.4, 0.5) is 5.69 Å². The van der Waals surface area contributed by atoms with Crippen LogP contribution < -0.4 is 5.32 Å². The number of hydrogen-bond acceptors (Lipinski definition) is 3. The maximum absolute atomic E-state index is 4.40. The van der Waals surface area contributed by atoms with Crippen molar-refractivity contribution >= 4 is 5.69 Å². The molecule has 0 radical (unpaired) electrons. The van der Waals surface area contributed by atoms with E-state index in [2.05, 4.69) is 28.3 Å². The molecule has 0 aliphatic heterocycles. The van der Waals surface area contributed by atoms with Gasteiger partial charge in [-0.2, -0.15) is 0 Å². The van der Waals surface area contributed by atoms with Crippen molar-refractivity contribution in [2.75, 3.05) is 26.0 Å². The van der Waals surface area contributed by atoms with Gasteiger partial charge in [0.15, 0.2) is 0 Å². The van der Waals surface area contributed by atoms with Gasteiger partial charge >= 0.3 is 0 Å². The molecule has 2 rings (SSSR count). The summed E-state index contributed by atoms with van der Waals surface area (Å²) in [5.74, 6) is 0.928. The van der Waals surface area contributed by atoms with Gasteiger partial charge in [0.05, 0.1) is 5.69 Å². The molecule has 1 aromatic rings. The van der Waals surface area contributed by atoms with E-state index in [1.807, 2.05) is 19.3 Å². The second-order valence-corrected chi connectivity index (χ2v) is 4.78. The molecule has 0 saturated heterocycles. The predicted molar refractivity (Wildman–Crippen MR) is 67.5 cm³/mol. The van der Waals surface area contributed by atoms with Crippen LogP contribution in [0.3, 0.4) is 0 Å². The fourth-order valence-electron chi connectivity index (χ4n) is 2.18. The molecule has 1 aliphatic rings. The first-order valence-corrected chi connectivity index (χ1v) is 6.09. The molecule has 88 valence electrons. The number of hydrogen-bond donors (Lipinski definition) is 1. The number of nitrogens with one attached hydrogen (secondary N) is 1. The van der Waals surface area contributed by atoms with Crippen LogP contribution in [-0.4, -0.2) is 30.5 Å². The zero-order valence-corrected chi connectivity index (χ0v) is 10.2. The molecule has 1 heterocycles. The molecule has 3 nitrogen and oxygen atoms in total. The van der Waals surface area contributed by atoms with Gasteiger partial charge in [-0.15, -0.1) is 0 Å². The van der Waals surface area contributed by atoms with Gasteiger partial charge in [-0.25, -0.2) is 0 Å². The smallest absolute Gasteiger partial charge is 0.0564 e. The summed E-state index contributed by atoms with van der Waals surface area (Å²) in [4.78, 5) is 6.78. The van der Waals surface area contributed by atoms with Crippen molar-refractivity contribution in [3.05, 3.63) is 24.0 Å². The highest BCUT2D eigenvalue weighted by Crippen LogP contribution is 2.27. The van der Waals surface area contributed by atoms with Gasteiger partial charge < -0.3 is 10.2 Å². The SMILES string of the molecule is CNc1ccnc(CN(C)CC2CCC2)c1. The van der Waals surface area contributed by atoms with Crippen LogP contribution in [-0.2, 0) is 6.54 Å². The lowest BCUT2D eigenvalue weighted by Gasteiger charge is -2.29. The minimum absolute atomic E-state index is 0.928. The largest absolute Gasteiger partial charge is 0.388 e. The van der Waals surface area contributed by atoms with Crippen molar-refractivity contribution in [1.29, 1.82) is 0 Å². The van der Waals surface area contributed by atoms with Gasteiger partial charge in [-0.1, -0.05) is 6.42 Å². The number of pyridine rings is 1. The Morgan fingerprint density at radius 2 is 2.31 bits per heavy atom. The number of anilines is 1. The molecule has 0 bridgehead atoms. The van der Waals surface area contributed by atoms with E-state index in [1.54, 1.807) is 0 Å². The quantitative estimate of drug-likeness (QED) is 0.824. The minimum atomic E-state index is 0.928. The van der Waals surface area contributed by atoms with E-state index < -0.39 is 0 Å². The molecule has 1 N–H and O–H groups in total. The van der Waals surface area contributed by atoms with Crippen LogP contribution in [0.15, 0.2) is 18.3 Å². The lowest BCUT2D eigenvalue weighted by atomic mass is 9.85. The highest BCUT2D eigenvalue weighted by molar-refractivity contribution is 5.42. The Morgan fingerprint density at radius 3 is 2.94 bits per heavy atom. The fraction of sp³-hybridized carbons (Fsp3) is 0.615. The average molecular weight is 219 g/mol. The van der Waals surface area contributed by atoms with Crippen LogP contribution in [0.1, 0.15) is 25.0 Å². The Kier molecular flexibility index (Phi) is 3.78. The molecule has 0 aromatic carbocycles. The minimum Gasteiger partial charge on any atom is -0.388 e. The van der Waals surface area contributed by atoms with Crippen LogP contribution in [0.5, 0.6) is 0 Å². The molecular weight excluding hydrogens is 198 g/mol. The topological polar surface area (TPSA) is 28.2 Å². The summed E-state index contributed by atoms with van der Waals surface area (Å²) in [6, 6.07) is 4.12. The summed E-state index contributed by atoms with van der Waals surface area (Å²) in [5, 5.41) is 3.15. The molecule has 0 spiro atoms. The Hall–Kier alpha value is -1.09. The zero-order chi connectivity index (χ0) is 11.4.